The molecule has 1 aliphatic carbocycles. The van der Waals surface area contributed by atoms with Crippen molar-refractivity contribution in [2.24, 2.45) is 10.9 Å². The highest BCUT2D eigenvalue weighted by Crippen LogP contribution is 2.28. The number of guanidine groups is 1. The highest BCUT2D eigenvalue weighted by Gasteiger charge is 2.20. The topological polar surface area (TPSA) is 56.7 Å². The maximum absolute atomic E-state index is 12.3. The summed E-state index contributed by atoms with van der Waals surface area (Å²) in [6.07, 6.45) is 3.04. The van der Waals surface area contributed by atoms with Gasteiger partial charge in [0.15, 0.2) is 5.96 Å². The molecule has 0 spiro atoms. The fraction of sp³-hybridized carbons (Fsp3) is 0.556. The summed E-state index contributed by atoms with van der Waals surface area (Å²) < 4.78 is 1.03. The number of carbonyl (C=O) groups is 1. The molecular formula is C18H27BrN4O. The molecule has 1 fully saturated rings. The van der Waals surface area contributed by atoms with E-state index in [9.17, 15) is 4.79 Å². The number of hydrogen-bond donors (Lipinski definition) is 2. The fourth-order valence-electron chi connectivity index (χ4n) is 2.31. The number of rotatable bonds is 8. The number of hydrogen-bond acceptors (Lipinski definition) is 2. The Kier molecular flexibility index (Phi) is 7.56. The molecule has 0 heterocycles. The SMILES string of the molecule is CCNC(=NCC1CC1)NCCC(=O)N(C)Cc1ccccc1Br. The van der Waals surface area contributed by atoms with Crippen LogP contribution in [-0.4, -0.2) is 43.4 Å². The van der Waals surface area contributed by atoms with Gasteiger partial charge in [0.25, 0.3) is 0 Å². The van der Waals surface area contributed by atoms with E-state index in [1.54, 1.807) is 4.90 Å². The van der Waals surface area contributed by atoms with Gasteiger partial charge in [0.2, 0.25) is 5.91 Å². The molecule has 0 saturated heterocycles. The summed E-state index contributed by atoms with van der Waals surface area (Å²) in [4.78, 5) is 18.6. The lowest BCUT2D eigenvalue weighted by atomic mass is 10.2. The second kappa shape index (κ2) is 9.67. The highest BCUT2D eigenvalue weighted by atomic mass is 79.9. The lowest BCUT2D eigenvalue weighted by molar-refractivity contribution is -0.130. The maximum Gasteiger partial charge on any atom is 0.224 e. The number of nitrogens with zero attached hydrogens (tertiary/aromatic N) is 2. The summed E-state index contributed by atoms with van der Waals surface area (Å²) in [6, 6.07) is 7.98. The summed E-state index contributed by atoms with van der Waals surface area (Å²) in [6.45, 7) is 4.95. The van der Waals surface area contributed by atoms with Crippen LogP contribution in [0.25, 0.3) is 0 Å². The van der Waals surface area contributed by atoms with E-state index in [4.69, 9.17) is 0 Å². The zero-order chi connectivity index (χ0) is 17.4. The minimum atomic E-state index is 0.122. The first-order valence-electron chi connectivity index (χ1n) is 8.59. The van der Waals surface area contributed by atoms with Gasteiger partial charge < -0.3 is 15.5 Å². The lowest BCUT2D eigenvalue weighted by Crippen LogP contribution is -2.39. The van der Waals surface area contributed by atoms with Gasteiger partial charge in [0.1, 0.15) is 0 Å². The third-order valence-electron chi connectivity index (χ3n) is 3.97. The molecule has 0 bridgehead atoms. The first-order valence-corrected chi connectivity index (χ1v) is 9.39. The van der Waals surface area contributed by atoms with Gasteiger partial charge in [-0.15, -0.1) is 0 Å². The van der Waals surface area contributed by atoms with Crippen molar-refractivity contribution in [1.29, 1.82) is 0 Å². The van der Waals surface area contributed by atoms with Crippen LogP contribution in [0.4, 0.5) is 0 Å². The summed E-state index contributed by atoms with van der Waals surface area (Å²) in [7, 11) is 1.84. The average molecular weight is 395 g/mol. The average Bonchev–Trinajstić information content (AvgIpc) is 3.39. The minimum Gasteiger partial charge on any atom is -0.357 e. The van der Waals surface area contributed by atoms with Crippen LogP contribution < -0.4 is 10.6 Å². The second-order valence-corrected chi connectivity index (χ2v) is 7.04. The van der Waals surface area contributed by atoms with Gasteiger partial charge >= 0.3 is 0 Å². The predicted molar refractivity (Wildman–Crippen MR) is 102 cm³/mol. The van der Waals surface area contributed by atoms with Crippen molar-refractivity contribution < 1.29 is 4.79 Å². The van der Waals surface area contributed by atoms with Crippen molar-refractivity contribution in [2.75, 3.05) is 26.7 Å². The van der Waals surface area contributed by atoms with Crippen LogP contribution in [0.15, 0.2) is 33.7 Å². The number of halogens is 1. The molecule has 2 rings (SSSR count). The van der Waals surface area contributed by atoms with Crippen molar-refractivity contribution in [2.45, 2.75) is 32.7 Å². The van der Waals surface area contributed by atoms with E-state index in [0.717, 1.165) is 35.0 Å². The molecule has 5 nitrogen and oxygen atoms in total. The van der Waals surface area contributed by atoms with E-state index >= 15 is 0 Å². The Morgan fingerprint density at radius 2 is 2.08 bits per heavy atom. The van der Waals surface area contributed by atoms with Crippen molar-refractivity contribution in [3.05, 3.63) is 34.3 Å². The molecular weight excluding hydrogens is 368 g/mol. The standard InChI is InChI=1S/C18H27BrN4O/c1-3-20-18(22-12-14-8-9-14)21-11-10-17(24)23(2)13-15-6-4-5-7-16(15)19/h4-7,14H,3,8-13H2,1-2H3,(H2,20,21,22). The Morgan fingerprint density at radius 3 is 2.75 bits per heavy atom. The van der Waals surface area contributed by atoms with Crippen molar-refractivity contribution in [3.8, 4) is 0 Å². The predicted octanol–water partition coefficient (Wildman–Crippen LogP) is 2.76. The third-order valence-corrected chi connectivity index (χ3v) is 4.74. The van der Waals surface area contributed by atoms with E-state index in [-0.39, 0.29) is 5.91 Å². The molecule has 0 aliphatic heterocycles. The monoisotopic (exact) mass is 394 g/mol. The third kappa shape index (κ3) is 6.51. The molecule has 0 aromatic heterocycles. The molecule has 0 radical (unpaired) electrons. The number of carbonyl (C=O) groups excluding carboxylic acids is 1. The van der Waals surface area contributed by atoms with Crippen LogP contribution in [0.1, 0.15) is 31.7 Å². The summed E-state index contributed by atoms with van der Waals surface area (Å²) in [5, 5.41) is 6.47. The number of benzene rings is 1. The molecule has 6 heteroatoms. The largest absolute Gasteiger partial charge is 0.357 e. The highest BCUT2D eigenvalue weighted by molar-refractivity contribution is 9.10. The summed E-state index contributed by atoms with van der Waals surface area (Å²) in [5.74, 6) is 1.69. The van der Waals surface area contributed by atoms with Crippen molar-refractivity contribution in [3.63, 3.8) is 0 Å². The number of nitrogens with one attached hydrogen (secondary N) is 2. The smallest absolute Gasteiger partial charge is 0.224 e. The normalized spacial score (nSPS) is 14.4. The Balaban J connectivity index is 1.74. The number of aliphatic imine (C=N–C) groups is 1. The summed E-state index contributed by atoms with van der Waals surface area (Å²) in [5.41, 5.74) is 1.11. The molecule has 24 heavy (non-hydrogen) atoms. The van der Waals surface area contributed by atoms with Crippen LogP contribution in [0.3, 0.4) is 0 Å². The fourth-order valence-corrected chi connectivity index (χ4v) is 2.72. The molecule has 1 aliphatic rings. The van der Waals surface area contributed by atoms with Gasteiger partial charge in [0.05, 0.1) is 0 Å². The maximum atomic E-state index is 12.3. The van der Waals surface area contributed by atoms with Crippen molar-refractivity contribution in [1.82, 2.24) is 15.5 Å². The molecule has 1 aromatic rings. The zero-order valence-electron chi connectivity index (χ0n) is 14.5. The quantitative estimate of drug-likeness (QED) is 0.526. The molecule has 1 saturated carbocycles. The Bertz CT molecular complexity index is 572. The van der Waals surface area contributed by atoms with E-state index in [1.165, 1.54) is 12.8 Å². The Morgan fingerprint density at radius 1 is 1.33 bits per heavy atom. The second-order valence-electron chi connectivity index (χ2n) is 6.18. The number of amides is 1. The lowest BCUT2D eigenvalue weighted by Gasteiger charge is -2.19. The van der Waals surface area contributed by atoms with Gasteiger partial charge in [0, 0.05) is 44.1 Å². The molecule has 1 amide bonds. The van der Waals surface area contributed by atoms with E-state index in [2.05, 4.69) is 31.6 Å². The Labute approximate surface area is 153 Å². The van der Waals surface area contributed by atoms with Gasteiger partial charge in [-0.05, 0) is 37.3 Å². The summed E-state index contributed by atoms with van der Waals surface area (Å²) >= 11 is 3.52. The van der Waals surface area contributed by atoms with Gasteiger partial charge in [-0.1, -0.05) is 34.1 Å². The van der Waals surface area contributed by atoms with E-state index < -0.39 is 0 Å². The molecule has 132 valence electrons. The van der Waals surface area contributed by atoms with Gasteiger partial charge in [-0.2, -0.15) is 0 Å². The first kappa shape index (κ1) is 18.8. The first-order chi connectivity index (χ1) is 11.6. The van der Waals surface area contributed by atoms with Crippen LogP contribution in [0.2, 0.25) is 0 Å². The van der Waals surface area contributed by atoms with Crippen LogP contribution in [0, 0.1) is 5.92 Å². The van der Waals surface area contributed by atoms with Gasteiger partial charge in [-0.25, -0.2) is 0 Å². The molecule has 0 unspecified atom stereocenters. The minimum absolute atomic E-state index is 0.122. The Hall–Kier alpha value is -1.56. The van der Waals surface area contributed by atoms with Crippen LogP contribution in [-0.2, 0) is 11.3 Å². The van der Waals surface area contributed by atoms with Crippen LogP contribution in [0.5, 0.6) is 0 Å². The van der Waals surface area contributed by atoms with E-state index in [0.29, 0.717) is 19.5 Å². The van der Waals surface area contributed by atoms with Crippen LogP contribution >= 0.6 is 15.9 Å². The van der Waals surface area contributed by atoms with Crippen molar-refractivity contribution >= 4 is 27.8 Å². The zero-order valence-corrected chi connectivity index (χ0v) is 16.1. The van der Waals surface area contributed by atoms with E-state index in [1.807, 2.05) is 38.2 Å². The molecule has 1 aromatic carbocycles. The molecule has 2 N–H and O–H groups in total. The molecule has 0 atom stereocenters. The van der Waals surface area contributed by atoms with Gasteiger partial charge in [-0.3, -0.25) is 9.79 Å².